The summed E-state index contributed by atoms with van der Waals surface area (Å²) >= 11 is 8.86. The molecule has 1 rings (SSSR count). The molecule has 0 amide bonds. The number of halogens is 2. The van der Waals surface area contributed by atoms with Crippen LogP contribution in [0.3, 0.4) is 0 Å². The third-order valence-electron chi connectivity index (χ3n) is 1.68. The fourth-order valence-electron chi connectivity index (χ4n) is 0.965. The van der Waals surface area contributed by atoms with Crippen LogP contribution in [-0.2, 0) is 10.0 Å². The van der Waals surface area contributed by atoms with Crippen molar-refractivity contribution in [2.45, 2.75) is 17.2 Å². The van der Waals surface area contributed by atoms with Crippen LogP contribution in [-0.4, -0.2) is 20.3 Å². The second-order valence-electron chi connectivity index (χ2n) is 3.06. The van der Waals surface area contributed by atoms with E-state index in [1.807, 2.05) is 0 Å². The molecule has 0 aromatic heterocycles. The summed E-state index contributed by atoms with van der Waals surface area (Å²) in [5.74, 6) is 0. The van der Waals surface area contributed by atoms with Crippen molar-refractivity contribution in [3.63, 3.8) is 0 Å². The van der Waals surface area contributed by atoms with E-state index in [2.05, 4.69) is 20.7 Å². The van der Waals surface area contributed by atoms with Crippen LogP contribution in [0.4, 0.5) is 0 Å². The number of nitrogens with one attached hydrogen (secondary N) is 1. The number of hydrogen-bond donors (Lipinski definition) is 1. The molecule has 0 aliphatic carbocycles. The minimum absolute atomic E-state index is 0.214. The Bertz CT molecular complexity index is 433. The quantitative estimate of drug-likeness (QED) is 0.868. The van der Waals surface area contributed by atoms with Gasteiger partial charge in [0.25, 0.3) is 0 Å². The Morgan fingerprint density at radius 1 is 1.47 bits per heavy atom. The van der Waals surface area contributed by atoms with Gasteiger partial charge in [0.2, 0.25) is 10.0 Å². The molecule has 0 spiro atoms. The first-order valence-electron chi connectivity index (χ1n) is 4.32. The van der Waals surface area contributed by atoms with Crippen LogP contribution >= 0.6 is 27.5 Å². The molecule has 0 fully saturated rings. The van der Waals surface area contributed by atoms with Crippen molar-refractivity contribution >= 4 is 37.6 Å². The molecule has 0 aliphatic heterocycles. The first-order chi connectivity index (χ1) is 6.93. The molecule has 6 heteroatoms. The Labute approximate surface area is 103 Å². The Kier molecular flexibility index (Phi) is 4.58. The fourth-order valence-corrected chi connectivity index (χ4v) is 3.27. The van der Waals surface area contributed by atoms with Gasteiger partial charge in [0, 0.05) is 16.4 Å². The zero-order chi connectivity index (χ0) is 11.5. The summed E-state index contributed by atoms with van der Waals surface area (Å²) < 4.78 is 26.5. The highest BCUT2D eigenvalue weighted by molar-refractivity contribution is 9.10. The van der Waals surface area contributed by atoms with Crippen molar-refractivity contribution in [3.05, 3.63) is 28.7 Å². The number of rotatable bonds is 4. The summed E-state index contributed by atoms with van der Waals surface area (Å²) in [6.45, 7) is 1.94. The third-order valence-corrected chi connectivity index (χ3v) is 4.27. The van der Waals surface area contributed by atoms with Crippen LogP contribution in [0.2, 0.25) is 0 Å². The average molecular weight is 313 g/mol. The molecule has 1 aromatic rings. The second-order valence-corrected chi connectivity index (χ2v) is 6.40. The number of hydrogen-bond acceptors (Lipinski definition) is 2. The molecule has 0 aliphatic rings. The molecule has 15 heavy (non-hydrogen) atoms. The lowest BCUT2D eigenvalue weighted by molar-refractivity contribution is 0.580. The Morgan fingerprint density at radius 2 is 2.07 bits per heavy atom. The van der Waals surface area contributed by atoms with E-state index in [1.165, 1.54) is 6.07 Å². The number of sulfonamides is 1. The minimum Gasteiger partial charge on any atom is -0.210 e. The minimum atomic E-state index is -3.47. The Hall–Kier alpha value is -0.100. The molecule has 0 bridgehead atoms. The summed E-state index contributed by atoms with van der Waals surface area (Å²) in [6.07, 6.45) is 0. The van der Waals surface area contributed by atoms with Crippen molar-refractivity contribution in [1.82, 2.24) is 4.72 Å². The van der Waals surface area contributed by atoms with Gasteiger partial charge in [-0.05, 0) is 35.0 Å². The van der Waals surface area contributed by atoms with Gasteiger partial charge in [-0.3, -0.25) is 0 Å². The van der Waals surface area contributed by atoms with E-state index >= 15 is 0 Å². The lowest BCUT2D eigenvalue weighted by Crippen LogP contribution is -2.28. The van der Waals surface area contributed by atoms with Gasteiger partial charge in [-0.15, -0.1) is 11.6 Å². The summed E-state index contributed by atoms with van der Waals surface area (Å²) in [5, 5.41) is -0.234. The Morgan fingerprint density at radius 3 is 2.60 bits per heavy atom. The van der Waals surface area contributed by atoms with Crippen LogP contribution in [0.15, 0.2) is 33.6 Å². The molecular weight excluding hydrogens is 302 g/mol. The zero-order valence-corrected chi connectivity index (χ0v) is 11.2. The van der Waals surface area contributed by atoms with Crippen molar-refractivity contribution in [3.8, 4) is 0 Å². The van der Waals surface area contributed by atoms with Gasteiger partial charge in [0.1, 0.15) is 0 Å². The van der Waals surface area contributed by atoms with Gasteiger partial charge >= 0.3 is 0 Å². The standard InChI is InChI=1S/C9H11BrClNO2S/c1-7(11)6-12-15(13,14)9-5-3-2-4-8(9)10/h2-5,7,12H,6H2,1H3. The highest BCUT2D eigenvalue weighted by atomic mass is 79.9. The monoisotopic (exact) mass is 311 g/mol. The molecular formula is C9H11BrClNO2S. The van der Waals surface area contributed by atoms with Crippen molar-refractivity contribution in [1.29, 1.82) is 0 Å². The number of alkyl halides is 1. The van der Waals surface area contributed by atoms with E-state index in [4.69, 9.17) is 11.6 Å². The van der Waals surface area contributed by atoms with Gasteiger partial charge in [0.15, 0.2) is 0 Å². The van der Waals surface area contributed by atoms with E-state index in [0.29, 0.717) is 4.47 Å². The SMILES string of the molecule is CC(Cl)CNS(=O)(=O)c1ccccc1Br. The lowest BCUT2D eigenvalue weighted by atomic mass is 10.4. The molecule has 3 nitrogen and oxygen atoms in total. The lowest BCUT2D eigenvalue weighted by Gasteiger charge is -2.08. The van der Waals surface area contributed by atoms with Gasteiger partial charge in [-0.25, -0.2) is 13.1 Å². The van der Waals surface area contributed by atoms with Crippen molar-refractivity contribution in [2.24, 2.45) is 0 Å². The molecule has 0 saturated carbocycles. The van der Waals surface area contributed by atoms with Crippen LogP contribution in [0.5, 0.6) is 0 Å². The molecule has 1 unspecified atom stereocenters. The second kappa shape index (κ2) is 5.30. The predicted octanol–water partition coefficient (Wildman–Crippen LogP) is 2.35. The van der Waals surface area contributed by atoms with Crippen molar-refractivity contribution < 1.29 is 8.42 Å². The average Bonchev–Trinajstić information content (AvgIpc) is 2.15. The van der Waals surface area contributed by atoms with Gasteiger partial charge in [0.05, 0.1) is 4.90 Å². The third kappa shape index (κ3) is 3.75. The van der Waals surface area contributed by atoms with E-state index in [1.54, 1.807) is 25.1 Å². The van der Waals surface area contributed by atoms with E-state index < -0.39 is 10.0 Å². The summed E-state index contributed by atoms with van der Waals surface area (Å²) in [6, 6.07) is 6.64. The normalized spacial score (nSPS) is 13.8. The summed E-state index contributed by atoms with van der Waals surface area (Å²) in [7, 11) is -3.47. The molecule has 0 radical (unpaired) electrons. The molecule has 84 valence electrons. The zero-order valence-electron chi connectivity index (χ0n) is 8.07. The van der Waals surface area contributed by atoms with Gasteiger partial charge in [-0.1, -0.05) is 12.1 Å². The smallest absolute Gasteiger partial charge is 0.210 e. The first kappa shape index (κ1) is 13.0. The van der Waals surface area contributed by atoms with Crippen LogP contribution in [0, 0.1) is 0 Å². The maximum Gasteiger partial charge on any atom is 0.241 e. The molecule has 0 saturated heterocycles. The first-order valence-corrected chi connectivity index (χ1v) is 7.03. The van der Waals surface area contributed by atoms with E-state index in [-0.39, 0.29) is 16.8 Å². The van der Waals surface area contributed by atoms with Crippen LogP contribution in [0.25, 0.3) is 0 Å². The predicted molar refractivity (Wildman–Crippen MR) is 64.6 cm³/mol. The van der Waals surface area contributed by atoms with Gasteiger partial charge < -0.3 is 0 Å². The maximum absolute atomic E-state index is 11.8. The number of benzene rings is 1. The highest BCUT2D eigenvalue weighted by Gasteiger charge is 2.16. The van der Waals surface area contributed by atoms with E-state index in [0.717, 1.165) is 0 Å². The molecule has 0 heterocycles. The molecule has 1 N–H and O–H groups in total. The highest BCUT2D eigenvalue weighted by Crippen LogP contribution is 2.20. The van der Waals surface area contributed by atoms with Crippen LogP contribution in [0.1, 0.15) is 6.92 Å². The topological polar surface area (TPSA) is 46.2 Å². The largest absolute Gasteiger partial charge is 0.241 e. The molecule has 1 aromatic carbocycles. The van der Waals surface area contributed by atoms with Crippen LogP contribution < -0.4 is 4.72 Å². The summed E-state index contributed by atoms with van der Waals surface area (Å²) in [4.78, 5) is 0.224. The Balaban J connectivity index is 2.92. The summed E-state index contributed by atoms with van der Waals surface area (Å²) in [5.41, 5.74) is 0. The van der Waals surface area contributed by atoms with Crippen molar-refractivity contribution in [2.75, 3.05) is 6.54 Å². The maximum atomic E-state index is 11.8. The molecule has 1 atom stereocenters. The van der Waals surface area contributed by atoms with Gasteiger partial charge in [-0.2, -0.15) is 0 Å². The fraction of sp³-hybridized carbons (Fsp3) is 0.333. The van der Waals surface area contributed by atoms with E-state index in [9.17, 15) is 8.42 Å².